The molecule has 0 spiro atoms. The highest BCUT2D eigenvalue weighted by Crippen LogP contribution is 2.53. The van der Waals surface area contributed by atoms with Crippen molar-refractivity contribution in [1.29, 1.82) is 0 Å². The lowest BCUT2D eigenvalue weighted by molar-refractivity contribution is -0.141. The van der Waals surface area contributed by atoms with E-state index in [0.29, 0.717) is 25.9 Å². The van der Waals surface area contributed by atoms with E-state index in [1.165, 1.54) is 17.7 Å². The average Bonchev–Trinajstić information content (AvgIpc) is 3.45. The van der Waals surface area contributed by atoms with Crippen molar-refractivity contribution in [3.8, 4) is 5.69 Å². The number of allylic oxidation sites excluding steroid dienone is 1. The zero-order valence-electron chi connectivity index (χ0n) is 21.4. The van der Waals surface area contributed by atoms with Crippen molar-refractivity contribution in [2.45, 2.75) is 39.5 Å². The molecule has 37 heavy (non-hydrogen) atoms. The highest BCUT2D eigenvalue weighted by atomic mass is 19.1. The van der Waals surface area contributed by atoms with Gasteiger partial charge in [-0.15, -0.1) is 0 Å². The highest BCUT2D eigenvalue weighted by Gasteiger charge is 2.49. The predicted octanol–water partition coefficient (Wildman–Crippen LogP) is 4.57. The first-order valence-corrected chi connectivity index (χ1v) is 13.0. The van der Waals surface area contributed by atoms with E-state index in [-0.39, 0.29) is 35.5 Å². The van der Waals surface area contributed by atoms with Gasteiger partial charge in [0.25, 0.3) is 0 Å². The summed E-state index contributed by atoms with van der Waals surface area (Å²) >= 11 is 0. The van der Waals surface area contributed by atoms with Crippen LogP contribution in [-0.4, -0.2) is 46.1 Å². The van der Waals surface area contributed by atoms with Crippen LogP contribution in [0.4, 0.5) is 4.39 Å². The summed E-state index contributed by atoms with van der Waals surface area (Å²) in [6, 6.07) is 16.4. The molecule has 1 aromatic heterocycles. The molecule has 0 aliphatic heterocycles. The fourth-order valence-corrected chi connectivity index (χ4v) is 5.85. The van der Waals surface area contributed by atoms with Crippen LogP contribution in [-0.2, 0) is 22.4 Å². The summed E-state index contributed by atoms with van der Waals surface area (Å²) in [5.41, 5.74) is 4.94. The van der Waals surface area contributed by atoms with Crippen LogP contribution in [0.2, 0.25) is 0 Å². The molecule has 0 radical (unpaired) electrons. The number of benzene rings is 2. The Morgan fingerprint density at radius 2 is 1.92 bits per heavy atom. The van der Waals surface area contributed by atoms with E-state index in [0.717, 1.165) is 35.3 Å². The standard InChI is InChI=1S/C30H33FN4O2/c1-3-32-28(36)20-34(16-15-21-7-5-4-6-8-21)29(37)26-14-9-23-17-27-22(18-30(23,26)2)19-33-35(27)25-12-10-24(31)11-13-25/h4-8,10-13,17,19,26H,3,9,14-16,18,20H2,1-2H3,(H,32,36)/t26-,30+/m1/s1. The van der Waals surface area contributed by atoms with Gasteiger partial charge in [0.1, 0.15) is 5.82 Å². The number of nitrogens with zero attached hydrogens (tertiary/aromatic N) is 3. The van der Waals surface area contributed by atoms with Gasteiger partial charge in [-0.3, -0.25) is 9.59 Å². The molecule has 1 saturated carbocycles. The summed E-state index contributed by atoms with van der Waals surface area (Å²) in [6.45, 7) is 5.16. The van der Waals surface area contributed by atoms with Crippen LogP contribution in [0.1, 0.15) is 43.5 Å². The Bertz CT molecular complexity index is 1320. The summed E-state index contributed by atoms with van der Waals surface area (Å²) in [6.07, 6.45) is 7.02. The number of likely N-dealkylation sites (N-methyl/N-ethyl adjacent to an activating group) is 1. The first-order valence-electron chi connectivity index (χ1n) is 13.0. The highest BCUT2D eigenvalue weighted by molar-refractivity contribution is 5.87. The molecule has 1 heterocycles. The molecule has 6 nitrogen and oxygen atoms in total. The molecule has 2 aliphatic rings. The van der Waals surface area contributed by atoms with Crippen molar-refractivity contribution in [2.75, 3.05) is 19.6 Å². The van der Waals surface area contributed by atoms with Crippen molar-refractivity contribution in [2.24, 2.45) is 11.3 Å². The number of rotatable bonds is 8. The lowest BCUT2D eigenvalue weighted by atomic mass is 9.69. The average molecular weight is 501 g/mol. The van der Waals surface area contributed by atoms with Gasteiger partial charge in [0.2, 0.25) is 11.8 Å². The largest absolute Gasteiger partial charge is 0.355 e. The van der Waals surface area contributed by atoms with E-state index < -0.39 is 0 Å². The van der Waals surface area contributed by atoms with Gasteiger partial charge in [-0.05, 0) is 74.1 Å². The molecular formula is C30H33FN4O2. The van der Waals surface area contributed by atoms with E-state index >= 15 is 0 Å². The number of amides is 2. The molecular weight excluding hydrogens is 467 g/mol. The summed E-state index contributed by atoms with van der Waals surface area (Å²) in [4.78, 5) is 28.3. The number of nitrogens with one attached hydrogen (secondary N) is 1. The maximum atomic E-state index is 14.0. The Balaban J connectivity index is 1.39. The third kappa shape index (κ3) is 4.95. The molecule has 0 saturated heterocycles. The first kappa shape index (κ1) is 24.9. The second-order valence-electron chi connectivity index (χ2n) is 10.2. The van der Waals surface area contributed by atoms with Crippen LogP contribution in [0.25, 0.3) is 11.8 Å². The van der Waals surface area contributed by atoms with E-state index in [2.05, 4.69) is 23.4 Å². The van der Waals surface area contributed by atoms with Crippen LogP contribution < -0.4 is 5.32 Å². The van der Waals surface area contributed by atoms with Crippen LogP contribution >= 0.6 is 0 Å². The second-order valence-corrected chi connectivity index (χ2v) is 10.2. The Kier molecular flexibility index (Phi) is 6.96. The lowest BCUT2D eigenvalue weighted by Gasteiger charge is -2.37. The molecule has 1 N–H and O–H groups in total. The number of carbonyl (C=O) groups excluding carboxylic acids is 2. The minimum Gasteiger partial charge on any atom is -0.355 e. The molecule has 2 atom stereocenters. The molecule has 1 fully saturated rings. The van der Waals surface area contributed by atoms with Crippen molar-refractivity contribution < 1.29 is 14.0 Å². The summed E-state index contributed by atoms with van der Waals surface area (Å²) < 4.78 is 15.3. The first-order chi connectivity index (χ1) is 17.9. The number of hydrogen-bond donors (Lipinski definition) is 1. The monoisotopic (exact) mass is 500 g/mol. The minimum absolute atomic E-state index is 0.0439. The third-order valence-corrected chi connectivity index (χ3v) is 7.86. The third-order valence-electron chi connectivity index (χ3n) is 7.86. The molecule has 192 valence electrons. The summed E-state index contributed by atoms with van der Waals surface area (Å²) in [5.74, 6) is -0.569. The van der Waals surface area contributed by atoms with Gasteiger partial charge in [-0.25, -0.2) is 9.07 Å². The SMILES string of the molecule is CCNC(=O)CN(CCc1ccccc1)C(=O)[C@H]1CCC2=Cc3c(cnn3-c3ccc(F)cc3)C[C@@]21C. The molecule has 2 aromatic carbocycles. The van der Waals surface area contributed by atoms with Gasteiger partial charge in [0, 0.05) is 24.4 Å². The molecule has 0 unspecified atom stereocenters. The van der Waals surface area contributed by atoms with Crippen LogP contribution in [0.3, 0.4) is 0 Å². The van der Waals surface area contributed by atoms with E-state index in [4.69, 9.17) is 0 Å². The van der Waals surface area contributed by atoms with Gasteiger partial charge in [0.15, 0.2) is 0 Å². The fraction of sp³-hybridized carbons (Fsp3) is 0.367. The number of fused-ring (bicyclic) bond motifs is 2. The molecule has 5 rings (SSSR count). The van der Waals surface area contributed by atoms with Crippen molar-refractivity contribution in [3.05, 3.63) is 89.0 Å². The predicted molar refractivity (Wildman–Crippen MR) is 141 cm³/mol. The Hall–Kier alpha value is -3.74. The fourth-order valence-electron chi connectivity index (χ4n) is 5.85. The number of carbonyl (C=O) groups is 2. The van der Waals surface area contributed by atoms with E-state index in [1.54, 1.807) is 17.0 Å². The number of aromatic nitrogens is 2. The van der Waals surface area contributed by atoms with Gasteiger partial charge >= 0.3 is 0 Å². The minimum atomic E-state index is -0.326. The van der Waals surface area contributed by atoms with Gasteiger partial charge in [-0.1, -0.05) is 42.8 Å². The van der Waals surface area contributed by atoms with E-state index in [9.17, 15) is 14.0 Å². The van der Waals surface area contributed by atoms with Crippen LogP contribution in [0, 0.1) is 17.2 Å². The molecule has 0 bridgehead atoms. The van der Waals surface area contributed by atoms with E-state index in [1.807, 2.05) is 48.1 Å². The van der Waals surface area contributed by atoms with Gasteiger partial charge in [0.05, 0.1) is 24.1 Å². The molecule has 2 aliphatic carbocycles. The van der Waals surface area contributed by atoms with Gasteiger partial charge in [-0.2, -0.15) is 5.10 Å². The second kappa shape index (κ2) is 10.3. The topological polar surface area (TPSA) is 67.2 Å². The Labute approximate surface area is 217 Å². The zero-order chi connectivity index (χ0) is 26.0. The van der Waals surface area contributed by atoms with Crippen molar-refractivity contribution in [3.63, 3.8) is 0 Å². The lowest BCUT2D eigenvalue weighted by Crippen LogP contribution is -2.47. The van der Waals surface area contributed by atoms with Crippen LogP contribution in [0.5, 0.6) is 0 Å². The smallest absolute Gasteiger partial charge is 0.239 e. The normalized spacial score (nSPS) is 20.1. The molecule has 3 aromatic rings. The molecule has 7 heteroatoms. The maximum Gasteiger partial charge on any atom is 0.239 e. The van der Waals surface area contributed by atoms with Gasteiger partial charge < -0.3 is 10.2 Å². The van der Waals surface area contributed by atoms with Crippen molar-refractivity contribution >= 4 is 17.9 Å². The maximum absolute atomic E-state index is 14.0. The Morgan fingerprint density at radius 1 is 1.16 bits per heavy atom. The summed E-state index contributed by atoms with van der Waals surface area (Å²) in [7, 11) is 0. The quantitative estimate of drug-likeness (QED) is 0.493. The van der Waals surface area contributed by atoms with Crippen LogP contribution in [0.15, 0.2) is 66.4 Å². The number of halogens is 1. The zero-order valence-corrected chi connectivity index (χ0v) is 21.4. The molecule has 2 amide bonds. The number of hydrogen-bond acceptors (Lipinski definition) is 3. The summed E-state index contributed by atoms with van der Waals surface area (Å²) in [5, 5.41) is 7.43. The Morgan fingerprint density at radius 3 is 2.65 bits per heavy atom. The van der Waals surface area contributed by atoms with Crippen molar-refractivity contribution in [1.82, 2.24) is 20.0 Å².